The molecule has 2 heterocycles. The fraction of sp³-hybridized carbons (Fsp3) is 0.438. The van der Waals surface area contributed by atoms with Crippen LogP contribution in [0.5, 0.6) is 0 Å². The Bertz CT molecular complexity index is 664. The molecule has 0 radical (unpaired) electrons. The summed E-state index contributed by atoms with van der Waals surface area (Å²) in [5, 5.41) is 0.471. The number of hydrogen-bond donors (Lipinski definition) is 1. The molecule has 2 unspecified atom stereocenters. The van der Waals surface area contributed by atoms with Crippen LogP contribution in [0, 0.1) is 5.92 Å². The molecule has 2 aliphatic rings. The van der Waals surface area contributed by atoms with Crippen molar-refractivity contribution in [2.45, 2.75) is 25.3 Å². The van der Waals surface area contributed by atoms with Gasteiger partial charge >= 0.3 is 0 Å². The van der Waals surface area contributed by atoms with Crippen LogP contribution in [-0.4, -0.2) is 41.8 Å². The van der Waals surface area contributed by atoms with Crippen molar-refractivity contribution < 1.29 is 14.4 Å². The van der Waals surface area contributed by atoms with Gasteiger partial charge in [-0.1, -0.05) is 17.7 Å². The summed E-state index contributed by atoms with van der Waals surface area (Å²) in [5.41, 5.74) is 5.87. The summed E-state index contributed by atoms with van der Waals surface area (Å²) in [6, 6.07) is 6.16. The summed E-state index contributed by atoms with van der Waals surface area (Å²) in [4.78, 5) is 39.5. The molecule has 6 nitrogen and oxygen atoms in total. The number of benzene rings is 1. The smallest absolute Gasteiger partial charge is 0.251 e. The van der Waals surface area contributed by atoms with Crippen LogP contribution in [-0.2, 0) is 14.4 Å². The van der Waals surface area contributed by atoms with Crippen molar-refractivity contribution in [3.8, 4) is 0 Å². The van der Waals surface area contributed by atoms with E-state index in [1.807, 2.05) is 4.90 Å². The molecule has 1 aromatic carbocycles. The van der Waals surface area contributed by atoms with E-state index in [9.17, 15) is 14.4 Å². The minimum Gasteiger partial charge on any atom is -0.369 e. The molecule has 0 aromatic heterocycles. The Morgan fingerprint density at radius 3 is 2.78 bits per heavy atom. The van der Waals surface area contributed by atoms with Crippen molar-refractivity contribution in [1.82, 2.24) is 4.90 Å². The van der Waals surface area contributed by atoms with Gasteiger partial charge in [0.05, 0.1) is 24.1 Å². The first-order valence-electron chi connectivity index (χ1n) is 7.63. The fourth-order valence-corrected chi connectivity index (χ4v) is 3.49. The van der Waals surface area contributed by atoms with E-state index in [1.54, 1.807) is 24.3 Å². The Hall–Kier alpha value is -1.92. The highest BCUT2D eigenvalue weighted by atomic mass is 35.5. The zero-order chi connectivity index (χ0) is 16.6. The van der Waals surface area contributed by atoms with Crippen LogP contribution in [0.4, 0.5) is 5.69 Å². The quantitative estimate of drug-likeness (QED) is 0.840. The van der Waals surface area contributed by atoms with Gasteiger partial charge in [0.25, 0.3) is 5.91 Å². The first-order chi connectivity index (χ1) is 11.0. The van der Waals surface area contributed by atoms with E-state index >= 15 is 0 Å². The third-order valence-electron chi connectivity index (χ3n) is 4.49. The lowest BCUT2D eigenvalue weighted by molar-refractivity contribution is -0.127. The Morgan fingerprint density at radius 2 is 2.09 bits per heavy atom. The van der Waals surface area contributed by atoms with Crippen molar-refractivity contribution in [3.63, 3.8) is 0 Å². The Morgan fingerprint density at radius 1 is 1.30 bits per heavy atom. The molecule has 0 aliphatic carbocycles. The van der Waals surface area contributed by atoms with Gasteiger partial charge in [-0.2, -0.15) is 0 Å². The summed E-state index contributed by atoms with van der Waals surface area (Å²) >= 11 is 5.95. The van der Waals surface area contributed by atoms with Crippen LogP contribution >= 0.6 is 11.6 Å². The maximum absolute atomic E-state index is 12.7. The van der Waals surface area contributed by atoms with Gasteiger partial charge in [0.2, 0.25) is 11.8 Å². The van der Waals surface area contributed by atoms with E-state index in [0.29, 0.717) is 23.8 Å². The van der Waals surface area contributed by atoms with Gasteiger partial charge in [-0.15, -0.1) is 0 Å². The molecule has 2 atom stereocenters. The number of likely N-dealkylation sites (tertiary alicyclic amines) is 1. The van der Waals surface area contributed by atoms with Crippen molar-refractivity contribution in [2.24, 2.45) is 11.7 Å². The van der Waals surface area contributed by atoms with Crippen molar-refractivity contribution in [2.75, 3.05) is 18.0 Å². The predicted molar refractivity (Wildman–Crippen MR) is 85.8 cm³/mol. The minimum atomic E-state index is -0.524. The largest absolute Gasteiger partial charge is 0.369 e. The average molecular weight is 336 g/mol. The third kappa shape index (κ3) is 3.09. The molecule has 2 N–H and O–H groups in total. The third-order valence-corrected chi connectivity index (χ3v) is 4.72. The van der Waals surface area contributed by atoms with Gasteiger partial charge in [-0.05, 0) is 37.6 Å². The number of piperidine rings is 1. The zero-order valence-electron chi connectivity index (χ0n) is 12.6. The van der Waals surface area contributed by atoms with E-state index in [1.165, 1.54) is 4.90 Å². The number of hydrogen-bond acceptors (Lipinski definition) is 4. The fourth-order valence-electron chi connectivity index (χ4n) is 3.31. The number of nitrogens with zero attached hydrogens (tertiary/aromatic N) is 2. The number of amides is 3. The molecule has 1 aromatic rings. The topological polar surface area (TPSA) is 83.7 Å². The SMILES string of the molecule is NC(=O)C1CCCN(C2CC(=O)N(c3cccc(Cl)c3)C2=O)C1. The lowest BCUT2D eigenvalue weighted by atomic mass is 9.96. The molecule has 2 fully saturated rings. The molecule has 0 saturated carbocycles. The standard InChI is InChI=1S/C16H18ClN3O3/c17-11-4-1-5-12(7-11)20-14(21)8-13(16(20)23)19-6-2-3-10(9-19)15(18)22/h1,4-5,7,10,13H,2-3,6,8-9H2,(H2,18,22). The number of imide groups is 1. The van der Waals surface area contributed by atoms with Crippen LogP contribution in [0.1, 0.15) is 19.3 Å². The van der Waals surface area contributed by atoms with E-state index in [-0.39, 0.29) is 30.1 Å². The number of halogens is 1. The second-order valence-electron chi connectivity index (χ2n) is 6.00. The average Bonchev–Trinajstić information content (AvgIpc) is 2.82. The molecule has 2 aliphatic heterocycles. The van der Waals surface area contributed by atoms with Crippen LogP contribution in [0.3, 0.4) is 0 Å². The van der Waals surface area contributed by atoms with E-state index in [2.05, 4.69) is 0 Å². The maximum atomic E-state index is 12.7. The van der Waals surface area contributed by atoms with Gasteiger partial charge in [0, 0.05) is 11.6 Å². The second-order valence-corrected chi connectivity index (χ2v) is 6.44. The maximum Gasteiger partial charge on any atom is 0.251 e. The lowest BCUT2D eigenvalue weighted by Crippen LogP contribution is -2.49. The van der Waals surface area contributed by atoms with Gasteiger partial charge < -0.3 is 5.73 Å². The van der Waals surface area contributed by atoms with Crippen molar-refractivity contribution in [3.05, 3.63) is 29.3 Å². The number of carbonyl (C=O) groups is 3. The molecular formula is C16H18ClN3O3. The van der Waals surface area contributed by atoms with Crippen molar-refractivity contribution in [1.29, 1.82) is 0 Å². The van der Waals surface area contributed by atoms with E-state index in [4.69, 9.17) is 17.3 Å². The molecule has 7 heteroatoms. The molecule has 122 valence electrons. The summed E-state index contributed by atoms with van der Waals surface area (Å²) in [6.45, 7) is 1.12. The van der Waals surface area contributed by atoms with Crippen molar-refractivity contribution >= 4 is 35.0 Å². The summed E-state index contributed by atoms with van der Waals surface area (Å²) in [7, 11) is 0. The number of nitrogens with two attached hydrogens (primary N) is 1. The minimum absolute atomic E-state index is 0.122. The van der Waals surface area contributed by atoms with Crippen LogP contribution in [0.15, 0.2) is 24.3 Å². The van der Waals surface area contributed by atoms with Crippen LogP contribution < -0.4 is 10.6 Å². The summed E-state index contributed by atoms with van der Waals surface area (Å²) in [5.74, 6) is -1.11. The number of carbonyl (C=O) groups excluding carboxylic acids is 3. The van der Waals surface area contributed by atoms with Gasteiger partial charge in [-0.3, -0.25) is 19.3 Å². The molecule has 0 spiro atoms. The zero-order valence-corrected chi connectivity index (χ0v) is 13.3. The second kappa shape index (κ2) is 6.29. The van der Waals surface area contributed by atoms with Gasteiger partial charge in [0.15, 0.2) is 0 Å². The molecule has 3 rings (SSSR count). The molecular weight excluding hydrogens is 318 g/mol. The number of rotatable bonds is 3. The highest BCUT2D eigenvalue weighted by Gasteiger charge is 2.44. The first-order valence-corrected chi connectivity index (χ1v) is 8.01. The highest BCUT2D eigenvalue weighted by molar-refractivity contribution is 6.31. The van der Waals surface area contributed by atoms with Gasteiger partial charge in [-0.25, -0.2) is 4.90 Å². The Kier molecular flexibility index (Phi) is 4.37. The summed E-state index contributed by atoms with van der Waals surface area (Å²) < 4.78 is 0. The van der Waals surface area contributed by atoms with Crippen LogP contribution in [0.2, 0.25) is 5.02 Å². The monoisotopic (exact) mass is 335 g/mol. The normalized spacial score (nSPS) is 25.9. The Labute approximate surface area is 139 Å². The molecule has 2 saturated heterocycles. The van der Waals surface area contributed by atoms with Crippen LogP contribution in [0.25, 0.3) is 0 Å². The first kappa shape index (κ1) is 16.0. The molecule has 0 bridgehead atoms. The lowest BCUT2D eigenvalue weighted by Gasteiger charge is -2.34. The molecule has 23 heavy (non-hydrogen) atoms. The summed E-state index contributed by atoms with van der Waals surface area (Å²) in [6.07, 6.45) is 1.65. The van der Waals surface area contributed by atoms with E-state index < -0.39 is 6.04 Å². The predicted octanol–water partition coefficient (Wildman–Crippen LogP) is 1.17. The Balaban J connectivity index is 1.80. The van der Waals surface area contributed by atoms with Gasteiger partial charge in [0.1, 0.15) is 0 Å². The molecule has 3 amide bonds. The number of anilines is 1. The van der Waals surface area contributed by atoms with E-state index in [0.717, 1.165) is 12.8 Å². The number of primary amides is 1. The highest BCUT2D eigenvalue weighted by Crippen LogP contribution is 2.29.